The van der Waals surface area contributed by atoms with Gasteiger partial charge in [0.1, 0.15) is 16.6 Å². The number of hydrogen-bond acceptors (Lipinski definition) is 5. The summed E-state index contributed by atoms with van der Waals surface area (Å²) in [5.74, 6) is 2.52. The zero-order valence-electron chi connectivity index (χ0n) is 16.1. The second-order valence-corrected chi connectivity index (χ2v) is 7.89. The topological polar surface area (TPSA) is 51.2 Å². The Morgan fingerprint density at radius 3 is 2.64 bits per heavy atom. The van der Waals surface area contributed by atoms with Crippen LogP contribution in [0.5, 0.6) is 5.75 Å². The number of amides is 1. The highest BCUT2D eigenvalue weighted by Gasteiger charge is 2.04. The van der Waals surface area contributed by atoms with E-state index < -0.39 is 0 Å². The van der Waals surface area contributed by atoms with Gasteiger partial charge in [-0.05, 0) is 54.6 Å². The van der Waals surface area contributed by atoms with Crippen molar-refractivity contribution < 1.29 is 13.9 Å². The number of anilines is 1. The smallest absolute Gasteiger partial charge is 0.211 e. The van der Waals surface area contributed by atoms with E-state index in [1.165, 1.54) is 12.1 Å². The minimum atomic E-state index is -0.206. The summed E-state index contributed by atoms with van der Waals surface area (Å²) in [5, 5.41) is 5.60. The lowest BCUT2D eigenvalue weighted by atomic mass is 10.2. The molecule has 0 radical (unpaired) electrons. The molecule has 0 spiro atoms. The van der Waals surface area contributed by atoms with Crippen molar-refractivity contribution in [1.29, 1.82) is 0 Å². The number of thiazole rings is 1. The van der Waals surface area contributed by atoms with Crippen molar-refractivity contribution in [1.82, 2.24) is 4.98 Å². The standard InChI is InChI=1S/C12H12FNS2.C9H11NO2/c1-2-15-7-11-8-16-12(14-11)9-3-5-10(13)6-4-9;1-7-3-4-9(12-2)8(5-7)10-6-11/h3-6,8H,2,7H2,1H3;3-6H,1-2H3,(H,10,11). The van der Waals surface area contributed by atoms with E-state index in [9.17, 15) is 9.18 Å². The molecule has 0 saturated heterocycles. The molecule has 1 heterocycles. The van der Waals surface area contributed by atoms with Crippen LogP contribution >= 0.6 is 23.1 Å². The number of thioether (sulfide) groups is 1. The highest BCUT2D eigenvalue weighted by atomic mass is 32.2. The van der Waals surface area contributed by atoms with Crippen molar-refractivity contribution in [2.24, 2.45) is 0 Å². The second kappa shape index (κ2) is 11.5. The van der Waals surface area contributed by atoms with E-state index in [2.05, 4.69) is 22.6 Å². The normalized spacial score (nSPS) is 10.0. The number of hydrogen-bond donors (Lipinski definition) is 1. The summed E-state index contributed by atoms with van der Waals surface area (Å²) >= 11 is 3.47. The lowest BCUT2D eigenvalue weighted by Gasteiger charge is -2.06. The largest absolute Gasteiger partial charge is 0.495 e. The van der Waals surface area contributed by atoms with Crippen LogP contribution in [-0.4, -0.2) is 24.3 Å². The number of halogens is 1. The van der Waals surface area contributed by atoms with Gasteiger partial charge in [-0.2, -0.15) is 11.8 Å². The SMILES string of the molecule is CCSCc1csc(-c2ccc(F)cc2)n1.COc1ccc(C)cc1NC=O. The van der Waals surface area contributed by atoms with Crippen molar-refractivity contribution in [2.75, 3.05) is 18.2 Å². The van der Waals surface area contributed by atoms with Crippen LogP contribution in [0.2, 0.25) is 0 Å². The molecule has 0 bridgehead atoms. The Hall–Kier alpha value is -2.38. The summed E-state index contributed by atoms with van der Waals surface area (Å²) in [6.45, 7) is 4.09. The number of rotatable bonds is 7. The van der Waals surface area contributed by atoms with Crippen LogP contribution in [0.1, 0.15) is 18.2 Å². The van der Waals surface area contributed by atoms with Gasteiger partial charge in [0.15, 0.2) is 0 Å². The van der Waals surface area contributed by atoms with Gasteiger partial charge in [0, 0.05) is 16.7 Å². The van der Waals surface area contributed by atoms with E-state index in [-0.39, 0.29) is 5.82 Å². The highest BCUT2D eigenvalue weighted by molar-refractivity contribution is 7.98. The number of nitrogens with one attached hydrogen (secondary N) is 1. The molecular weight excluding hydrogens is 395 g/mol. The molecule has 2 aromatic carbocycles. The van der Waals surface area contributed by atoms with Gasteiger partial charge >= 0.3 is 0 Å². The molecule has 0 aliphatic carbocycles. The first-order chi connectivity index (χ1) is 13.6. The summed E-state index contributed by atoms with van der Waals surface area (Å²) in [6, 6.07) is 12.1. The van der Waals surface area contributed by atoms with Crippen LogP contribution in [0.4, 0.5) is 10.1 Å². The van der Waals surface area contributed by atoms with Gasteiger partial charge in [0.05, 0.1) is 18.5 Å². The number of carbonyl (C=O) groups excluding carboxylic acids is 1. The predicted molar refractivity (Wildman–Crippen MR) is 117 cm³/mol. The number of aryl methyl sites for hydroxylation is 1. The third-order valence-corrected chi connectivity index (χ3v) is 5.51. The van der Waals surface area contributed by atoms with Gasteiger partial charge < -0.3 is 10.1 Å². The van der Waals surface area contributed by atoms with E-state index in [1.807, 2.05) is 36.9 Å². The summed E-state index contributed by atoms with van der Waals surface area (Å²) in [7, 11) is 1.57. The van der Waals surface area contributed by atoms with E-state index >= 15 is 0 Å². The van der Waals surface area contributed by atoms with E-state index in [0.717, 1.165) is 33.3 Å². The van der Waals surface area contributed by atoms with Gasteiger partial charge in [-0.3, -0.25) is 4.79 Å². The molecule has 0 unspecified atom stereocenters. The Bertz CT molecular complexity index is 882. The van der Waals surface area contributed by atoms with Gasteiger partial charge in [0.25, 0.3) is 0 Å². The number of methoxy groups -OCH3 is 1. The molecule has 1 aromatic heterocycles. The molecule has 3 aromatic rings. The van der Waals surface area contributed by atoms with E-state index in [0.29, 0.717) is 17.8 Å². The maximum Gasteiger partial charge on any atom is 0.211 e. The maximum absolute atomic E-state index is 12.8. The Balaban J connectivity index is 0.000000209. The van der Waals surface area contributed by atoms with Crippen LogP contribution in [-0.2, 0) is 10.5 Å². The Kier molecular flexibility index (Phi) is 8.97. The monoisotopic (exact) mass is 418 g/mol. The van der Waals surface area contributed by atoms with Crippen molar-refractivity contribution in [2.45, 2.75) is 19.6 Å². The second-order valence-electron chi connectivity index (χ2n) is 5.75. The third kappa shape index (κ3) is 6.65. The number of benzene rings is 2. The molecule has 7 heteroatoms. The van der Waals surface area contributed by atoms with Gasteiger partial charge in [0.2, 0.25) is 6.41 Å². The van der Waals surface area contributed by atoms with Gasteiger partial charge in [-0.25, -0.2) is 9.37 Å². The molecule has 0 fully saturated rings. The fourth-order valence-corrected chi connectivity index (χ4v) is 3.80. The Labute approximate surface area is 173 Å². The van der Waals surface area contributed by atoms with Crippen molar-refractivity contribution in [3.05, 3.63) is 64.9 Å². The molecular formula is C21H23FN2O2S2. The average Bonchev–Trinajstić information content (AvgIpc) is 3.17. The highest BCUT2D eigenvalue weighted by Crippen LogP contribution is 2.26. The van der Waals surface area contributed by atoms with Crippen LogP contribution in [0.15, 0.2) is 47.8 Å². The third-order valence-electron chi connectivity index (χ3n) is 3.67. The lowest BCUT2D eigenvalue weighted by Crippen LogP contribution is -1.97. The minimum absolute atomic E-state index is 0.206. The first kappa shape index (κ1) is 21.9. The summed E-state index contributed by atoms with van der Waals surface area (Å²) in [4.78, 5) is 14.7. The van der Waals surface area contributed by atoms with Gasteiger partial charge in [-0.1, -0.05) is 13.0 Å². The maximum atomic E-state index is 12.8. The zero-order chi connectivity index (χ0) is 20.4. The van der Waals surface area contributed by atoms with Crippen LogP contribution in [0.3, 0.4) is 0 Å². The number of nitrogens with zero attached hydrogens (tertiary/aromatic N) is 1. The Morgan fingerprint density at radius 2 is 2.00 bits per heavy atom. The fraction of sp³-hybridized carbons (Fsp3) is 0.238. The van der Waals surface area contributed by atoms with E-state index in [1.54, 1.807) is 30.6 Å². The molecule has 0 aliphatic heterocycles. The summed E-state index contributed by atoms with van der Waals surface area (Å²) < 4.78 is 17.8. The number of ether oxygens (including phenoxy) is 1. The lowest BCUT2D eigenvalue weighted by molar-refractivity contribution is -0.105. The molecule has 0 aliphatic rings. The average molecular weight is 419 g/mol. The Morgan fingerprint density at radius 1 is 1.25 bits per heavy atom. The van der Waals surface area contributed by atoms with Crippen molar-refractivity contribution in [3.63, 3.8) is 0 Å². The molecule has 4 nitrogen and oxygen atoms in total. The molecule has 1 N–H and O–H groups in total. The van der Waals surface area contributed by atoms with Crippen LogP contribution in [0, 0.1) is 12.7 Å². The van der Waals surface area contributed by atoms with E-state index in [4.69, 9.17) is 4.74 Å². The fourth-order valence-electron chi connectivity index (χ4n) is 2.30. The number of aromatic nitrogens is 1. The predicted octanol–water partition coefficient (Wildman–Crippen LogP) is 5.77. The molecule has 28 heavy (non-hydrogen) atoms. The first-order valence-corrected chi connectivity index (χ1v) is 10.7. The first-order valence-electron chi connectivity index (χ1n) is 8.70. The van der Waals surface area contributed by atoms with Crippen LogP contribution in [0.25, 0.3) is 10.6 Å². The zero-order valence-corrected chi connectivity index (χ0v) is 17.7. The number of carbonyl (C=O) groups is 1. The minimum Gasteiger partial charge on any atom is -0.495 e. The van der Waals surface area contributed by atoms with Crippen LogP contribution < -0.4 is 10.1 Å². The molecule has 0 atom stereocenters. The van der Waals surface area contributed by atoms with Crippen molar-refractivity contribution >= 4 is 35.2 Å². The van der Waals surface area contributed by atoms with Gasteiger partial charge in [-0.15, -0.1) is 11.3 Å². The molecule has 148 valence electrons. The molecule has 1 amide bonds. The summed E-state index contributed by atoms with van der Waals surface area (Å²) in [5.41, 5.74) is 3.88. The molecule has 3 rings (SSSR count). The van der Waals surface area contributed by atoms with Crippen molar-refractivity contribution in [3.8, 4) is 16.3 Å². The summed E-state index contributed by atoms with van der Waals surface area (Å²) in [6.07, 6.45) is 0.636. The quantitative estimate of drug-likeness (QED) is 0.495. The molecule has 0 saturated carbocycles.